The Kier molecular flexibility index (Phi) is 6.02. The maximum atomic E-state index is 13.6. The molecule has 7 heteroatoms. The van der Waals surface area contributed by atoms with Crippen LogP contribution in [0.15, 0.2) is 47.4 Å². The van der Waals surface area contributed by atoms with Crippen LogP contribution in [-0.4, -0.2) is 32.7 Å². The van der Waals surface area contributed by atoms with E-state index in [1.54, 1.807) is 38.2 Å². The standard InChI is InChI=1S/C19H23FN2O3S/c1-13-5-6-15(11-18(13)20)12-21-19(23)22(3)14(2)16-7-9-17(10-8-16)26(4,24)25/h5-11,14H,12H2,1-4H3,(H,21,23). The predicted octanol–water partition coefficient (Wildman–Crippen LogP) is 3.44. The van der Waals surface area contributed by atoms with Crippen molar-refractivity contribution in [3.05, 3.63) is 65.0 Å². The number of amides is 2. The highest BCUT2D eigenvalue weighted by molar-refractivity contribution is 7.90. The third-order valence-corrected chi connectivity index (χ3v) is 5.50. The molecule has 0 aliphatic heterocycles. The maximum absolute atomic E-state index is 13.6. The Balaban J connectivity index is 2.01. The number of nitrogens with one attached hydrogen (secondary N) is 1. The van der Waals surface area contributed by atoms with Gasteiger partial charge in [0, 0.05) is 19.8 Å². The van der Waals surface area contributed by atoms with E-state index in [0.717, 1.165) is 11.8 Å². The summed E-state index contributed by atoms with van der Waals surface area (Å²) in [6, 6.07) is 10.7. The highest BCUT2D eigenvalue weighted by Crippen LogP contribution is 2.21. The van der Waals surface area contributed by atoms with Crippen LogP contribution >= 0.6 is 0 Å². The minimum absolute atomic E-state index is 0.222. The monoisotopic (exact) mass is 378 g/mol. The lowest BCUT2D eigenvalue weighted by Crippen LogP contribution is -2.38. The molecule has 1 N–H and O–H groups in total. The summed E-state index contributed by atoms with van der Waals surface area (Å²) in [7, 11) is -1.60. The summed E-state index contributed by atoms with van der Waals surface area (Å²) < 4.78 is 36.6. The van der Waals surface area contributed by atoms with Gasteiger partial charge in [0.25, 0.3) is 0 Å². The van der Waals surface area contributed by atoms with Gasteiger partial charge in [-0.05, 0) is 48.7 Å². The third kappa shape index (κ3) is 4.82. The van der Waals surface area contributed by atoms with Gasteiger partial charge in [-0.15, -0.1) is 0 Å². The fourth-order valence-corrected chi connectivity index (χ4v) is 3.07. The number of carbonyl (C=O) groups excluding carboxylic acids is 1. The van der Waals surface area contributed by atoms with Gasteiger partial charge in [0.05, 0.1) is 10.9 Å². The van der Waals surface area contributed by atoms with Crippen LogP contribution < -0.4 is 5.32 Å². The van der Waals surface area contributed by atoms with Gasteiger partial charge < -0.3 is 10.2 Å². The largest absolute Gasteiger partial charge is 0.334 e. The van der Waals surface area contributed by atoms with Crippen LogP contribution in [0.2, 0.25) is 0 Å². The summed E-state index contributed by atoms with van der Waals surface area (Å²) in [5, 5.41) is 2.76. The lowest BCUT2D eigenvalue weighted by molar-refractivity contribution is 0.194. The second-order valence-corrected chi connectivity index (χ2v) is 8.39. The molecule has 2 aromatic rings. The molecular formula is C19H23FN2O3S. The number of benzene rings is 2. The molecule has 140 valence electrons. The lowest BCUT2D eigenvalue weighted by Gasteiger charge is -2.25. The summed E-state index contributed by atoms with van der Waals surface area (Å²) in [6.07, 6.45) is 1.15. The number of rotatable bonds is 5. The zero-order chi connectivity index (χ0) is 19.5. The van der Waals surface area contributed by atoms with E-state index in [9.17, 15) is 17.6 Å². The fraction of sp³-hybridized carbons (Fsp3) is 0.316. The second-order valence-electron chi connectivity index (χ2n) is 6.37. The average Bonchev–Trinajstić information content (AvgIpc) is 2.60. The van der Waals surface area contributed by atoms with E-state index < -0.39 is 9.84 Å². The summed E-state index contributed by atoms with van der Waals surface area (Å²) in [5.74, 6) is -0.301. The molecule has 26 heavy (non-hydrogen) atoms. The van der Waals surface area contributed by atoms with Crippen molar-refractivity contribution in [2.75, 3.05) is 13.3 Å². The Morgan fingerprint density at radius 1 is 1.19 bits per heavy atom. The Morgan fingerprint density at radius 2 is 1.81 bits per heavy atom. The van der Waals surface area contributed by atoms with Crippen LogP contribution in [0.4, 0.5) is 9.18 Å². The number of halogens is 1. The molecule has 2 rings (SSSR count). The molecular weight excluding hydrogens is 355 g/mol. The Hall–Kier alpha value is -2.41. The van der Waals surface area contributed by atoms with Crippen LogP contribution in [0.25, 0.3) is 0 Å². The molecule has 0 aliphatic carbocycles. The number of nitrogens with zero attached hydrogens (tertiary/aromatic N) is 1. The maximum Gasteiger partial charge on any atom is 0.317 e. The predicted molar refractivity (Wildman–Crippen MR) is 99.1 cm³/mol. The first-order valence-corrected chi connectivity index (χ1v) is 10.0. The van der Waals surface area contributed by atoms with E-state index in [1.165, 1.54) is 23.1 Å². The van der Waals surface area contributed by atoms with Crippen molar-refractivity contribution in [1.82, 2.24) is 10.2 Å². The quantitative estimate of drug-likeness (QED) is 0.867. The van der Waals surface area contributed by atoms with E-state index >= 15 is 0 Å². The van der Waals surface area contributed by atoms with Crippen molar-refractivity contribution < 1.29 is 17.6 Å². The molecule has 0 aliphatic rings. The Labute approximate surface area is 153 Å². The first kappa shape index (κ1) is 19.9. The average molecular weight is 378 g/mol. The topological polar surface area (TPSA) is 66.5 Å². The summed E-state index contributed by atoms with van der Waals surface area (Å²) in [4.78, 5) is 14.1. The number of hydrogen-bond donors (Lipinski definition) is 1. The molecule has 0 spiro atoms. The van der Waals surface area contributed by atoms with Gasteiger partial charge >= 0.3 is 6.03 Å². The van der Waals surface area contributed by atoms with Gasteiger partial charge in [-0.1, -0.05) is 24.3 Å². The molecule has 0 saturated heterocycles. The van der Waals surface area contributed by atoms with E-state index in [-0.39, 0.29) is 29.3 Å². The van der Waals surface area contributed by atoms with Crippen LogP contribution in [0.1, 0.15) is 29.7 Å². The van der Waals surface area contributed by atoms with Gasteiger partial charge in [-0.25, -0.2) is 17.6 Å². The third-order valence-electron chi connectivity index (χ3n) is 4.37. The number of aryl methyl sites for hydroxylation is 1. The van der Waals surface area contributed by atoms with Crippen molar-refractivity contribution in [1.29, 1.82) is 0 Å². The van der Waals surface area contributed by atoms with Crippen molar-refractivity contribution in [3.8, 4) is 0 Å². The normalized spacial score (nSPS) is 12.5. The Morgan fingerprint density at radius 3 is 2.35 bits per heavy atom. The van der Waals surface area contributed by atoms with Gasteiger partial charge in [0.15, 0.2) is 9.84 Å². The van der Waals surface area contributed by atoms with E-state index in [0.29, 0.717) is 11.1 Å². The van der Waals surface area contributed by atoms with Gasteiger partial charge in [-0.3, -0.25) is 0 Å². The number of carbonyl (C=O) groups is 1. The summed E-state index contributed by atoms with van der Waals surface area (Å²) in [5.41, 5.74) is 2.06. The molecule has 2 aromatic carbocycles. The minimum Gasteiger partial charge on any atom is -0.334 e. The fourth-order valence-electron chi connectivity index (χ4n) is 2.44. The molecule has 5 nitrogen and oxygen atoms in total. The van der Waals surface area contributed by atoms with Crippen molar-refractivity contribution in [2.45, 2.75) is 31.3 Å². The zero-order valence-corrected chi connectivity index (χ0v) is 16.1. The van der Waals surface area contributed by atoms with Crippen molar-refractivity contribution in [2.24, 2.45) is 0 Å². The SMILES string of the molecule is Cc1ccc(CNC(=O)N(C)C(C)c2ccc(S(C)(=O)=O)cc2)cc1F. The van der Waals surface area contributed by atoms with E-state index in [4.69, 9.17) is 0 Å². The number of hydrogen-bond acceptors (Lipinski definition) is 3. The van der Waals surface area contributed by atoms with Gasteiger partial charge in [0.1, 0.15) is 5.82 Å². The minimum atomic E-state index is -3.25. The number of urea groups is 1. The van der Waals surface area contributed by atoms with E-state index in [2.05, 4.69) is 5.32 Å². The van der Waals surface area contributed by atoms with E-state index in [1.807, 2.05) is 6.92 Å². The second kappa shape index (κ2) is 7.86. The molecule has 0 saturated carbocycles. The number of sulfone groups is 1. The molecule has 2 amide bonds. The molecule has 0 bridgehead atoms. The molecule has 1 atom stereocenters. The highest BCUT2D eigenvalue weighted by atomic mass is 32.2. The zero-order valence-electron chi connectivity index (χ0n) is 15.3. The van der Waals surface area contributed by atoms with Crippen LogP contribution in [0, 0.1) is 12.7 Å². The molecule has 0 radical (unpaired) electrons. The smallest absolute Gasteiger partial charge is 0.317 e. The lowest BCUT2D eigenvalue weighted by atomic mass is 10.1. The summed E-state index contributed by atoms with van der Waals surface area (Å²) >= 11 is 0. The van der Waals surface area contributed by atoms with Gasteiger partial charge in [-0.2, -0.15) is 0 Å². The van der Waals surface area contributed by atoms with Crippen molar-refractivity contribution in [3.63, 3.8) is 0 Å². The Bertz CT molecular complexity index is 896. The van der Waals surface area contributed by atoms with Crippen LogP contribution in [0.3, 0.4) is 0 Å². The molecule has 1 unspecified atom stereocenters. The highest BCUT2D eigenvalue weighted by Gasteiger charge is 2.18. The first-order valence-electron chi connectivity index (χ1n) is 8.15. The molecule has 0 fully saturated rings. The summed E-state index contributed by atoms with van der Waals surface area (Å²) in [6.45, 7) is 3.75. The molecule has 0 heterocycles. The molecule has 0 aromatic heterocycles. The van der Waals surface area contributed by atoms with Crippen LogP contribution in [-0.2, 0) is 16.4 Å². The first-order chi connectivity index (χ1) is 12.1. The van der Waals surface area contributed by atoms with Crippen LogP contribution in [0.5, 0.6) is 0 Å². The van der Waals surface area contributed by atoms with Crippen molar-refractivity contribution >= 4 is 15.9 Å². The van der Waals surface area contributed by atoms with Gasteiger partial charge in [0.2, 0.25) is 0 Å².